The number of carbonyl (C=O) groups excluding carboxylic acids is 1. The number of rotatable bonds is 7. The molecular formula is C18H24O3. The molecule has 1 aliphatic rings. The van der Waals surface area contributed by atoms with Crippen molar-refractivity contribution >= 4 is 5.97 Å². The Kier molecular flexibility index (Phi) is 5.85. The highest BCUT2D eigenvalue weighted by Crippen LogP contribution is 2.36. The van der Waals surface area contributed by atoms with E-state index in [0.29, 0.717) is 17.9 Å². The van der Waals surface area contributed by atoms with Crippen LogP contribution in [0, 0.1) is 0 Å². The molecule has 0 aliphatic carbocycles. The molecule has 1 heterocycles. The molecule has 0 spiro atoms. The van der Waals surface area contributed by atoms with Crippen molar-refractivity contribution in [3.05, 3.63) is 35.4 Å². The van der Waals surface area contributed by atoms with Gasteiger partial charge in [0.1, 0.15) is 0 Å². The average molecular weight is 288 g/mol. The normalized spacial score (nSPS) is 15.7. The molecule has 0 saturated carbocycles. The van der Waals surface area contributed by atoms with Gasteiger partial charge in [0.05, 0.1) is 7.11 Å². The number of para-hydroxylation sites is 1. The van der Waals surface area contributed by atoms with Gasteiger partial charge in [0.15, 0.2) is 11.5 Å². The monoisotopic (exact) mass is 288 g/mol. The maximum Gasteiger partial charge on any atom is 0.339 e. The van der Waals surface area contributed by atoms with Gasteiger partial charge in [0.2, 0.25) is 0 Å². The van der Waals surface area contributed by atoms with Crippen molar-refractivity contribution in [2.24, 2.45) is 0 Å². The summed E-state index contributed by atoms with van der Waals surface area (Å²) in [5, 5.41) is 0. The Hall–Kier alpha value is -1.77. The zero-order valence-electron chi connectivity index (χ0n) is 13.0. The molecule has 3 nitrogen and oxygen atoms in total. The van der Waals surface area contributed by atoms with Gasteiger partial charge in [-0.15, -0.1) is 0 Å². The van der Waals surface area contributed by atoms with Gasteiger partial charge in [-0.2, -0.15) is 0 Å². The third-order valence-electron chi connectivity index (χ3n) is 3.82. The van der Waals surface area contributed by atoms with Crippen LogP contribution >= 0.6 is 0 Å². The first-order valence-corrected chi connectivity index (χ1v) is 7.83. The standard InChI is InChI=1S/C18H24O3/c1-3-4-5-6-7-8-10-15-13-14-11-9-12-16(20-2)17(14)21-18(15)19/h9-12H,3-8,13H2,1-2H3/b15-10+. The number of unbranched alkanes of at least 4 members (excludes halogenated alkanes) is 5. The third-order valence-corrected chi connectivity index (χ3v) is 3.82. The number of allylic oxidation sites excluding steroid dienone is 1. The van der Waals surface area contributed by atoms with Gasteiger partial charge in [0, 0.05) is 17.6 Å². The molecule has 0 aromatic heterocycles. The first-order valence-electron chi connectivity index (χ1n) is 7.83. The van der Waals surface area contributed by atoms with Gasteiger partial charge in [-0.05, 0) is 18.9 Å². The lowest BCUT2D eigenvalue weighted by Gasteiger charge is -2.20. The molecule has 1 aliphatic heterocycles. The number of esters is 1. The maximum absolute atomic E-state index is 12.0. The summed E-state index contributed by atoms with van der Waals surface area (Å²) in [6, 6.07) is 5.73. The Morgan fingerprint density at radius 2 is 2.05 bits per heavy atom. The lowest BCUT2D eigenvalue weighted by molar-refractivity contribution is -0.131. The van der Waals surface area contributed by atoms with Gasteiger partial charge < -0.3 is 9.47 Å². The Bertz CT molecular complexity index is 517. The number of carbonyl (C=O) groups is 1. The molecule has 0 atom stereocenters. The Morgan fingerprint density at radius 1 is 1.24 bits per heavy atom. The van der Waals surface area contributed by atoms with Gasteiger partial charge in [-0.25, -0.2) is 4.79 Å². The highest BCUT2D eigenvalue weighted by atomic mass is 16.6. The first-order chi connectivity index (χ1) is 10.3. The van der Waals surface area contributed by atoms with Gasteiger partial charge >= 0.3 is 5.97 Å². The molecule has 2 rings (SSSR count). The SMILES string of the molecule is CCCCCCC/C=C1\Cc2cccc(OC)c2OC1=O. The highest BCUT2D eigenvalue weighted by Gasteiger charge is 2.24. The van der Waals surface area contributed by atoms with Crippen molar-refractivity contribution in [2.75, 3.05) is 7.11 Å². The topological polar surface area (TPSA) is 35.5 Å². The molecule has 0 radical (unpaired) electrons. The Balaban J connectivity index is 1.96. The molecule has 1 aromatic rings. The summed E-state index contributed by atoms with van der Waals surface area (Å²) < 4.78 is 10.7. The van der Waals surface area contributed by atoms with E-state index >= 15 is 0 Å². The zero-order chi connectivity index (χ0) is 15.1. The minimum absolute atomic E-state index is 0.236. The lowest BCUT2D eigenvalue weighted by Crippen LogP contribution is -2.20. The predicted molar refractivity (Wildman–Crippen MR) is 83.8 cm³/mol. The van der Waals surface area contributed by atoms with Crippen molar-refractivity contribution in [3.8, 4) is 11.5 Å². The number of methoxy groups -OCH3 is 1. The molecule has 0 unspecified atom stereocenters. The third kappa shape index (κ3) is 4.10. The molecule has 0 bridgehead atoms. The first kappa shape index (κ1) is 15.6. The summed E-state index contributed by atoms with van der Waals surface area (Å²) in [4.78, 5) is 12.0. The minimum Gasteiger partial charge on any atom is -0.493 e. The van der Waals surface area contributed by atoms with Gasteiger partial charge in [0.25, 0.3) is 0 Å². The van der Waals surface area contributed by atoms with Crippen LogP contribution in [0.3, 0.4) is 0 Å². The lowest BCUT2D eigenvalue weighted by atomic mass is 9.99. The van der Waals surface area contributed by atoms with Gasteiger partial charge in [-0.1, -0.05) is 50.8 Å². The van der Waals surface area contributed by atoms with Crippen molar-refractivity contribution in [3.63, 3.8) is 0 Å². The van der Waals surface area contributed by atoms with Crippen LogP contribution in [0.15, 0.2) is 29.8 Å². The molecule has 3 heteroatoms. The number of hydrogen-bond acceptors (Lipinski definition) is 3. The minimum atomic E-state index is -0.236. The van der Waals surface area contributed by atoms with Crippen molar-refractivity contribution in [1.29, 1.82) is 0 Å². The van der Waals surface area contributed by atoms with Crippen molar-refractivity contribution < 1.29 is 14.3 Å². The number of hydrogen-bond donors (Lipinski definition) is 0. The van der Waals surface area contributed by atoms with Crippen LogP contribution in [-0.4, -0.2) is 13.1 Å². The summed E-state index contributed by atoms with van der Waals surface area (Å²) in [7, 11) is 1.59. The van der Waals surface area contributed by atoms with Crippen molar-refractivity contribution in [2.45, 2.75) is 51.9 Å². The number of benzene rings is 1. The van der Waals surface area contributed by atoms with Crippen LogP contribution in [0.1, 0.15) is 51.0 Å². The van der Waals surface area contributed by atoms with Crippen LogP contribution in [0.5, 0.6) is 11.5 Å². The van der Waals surface area contributed by atoms with E-state index in [9.17, 15) is 4.79 Å². The molecule has 1 aromatic carbocycles. The second-order valence-electron chi connectivity index (χ2n) is 5.45. The van der Waals surface area contributed by atoms with E-state index in [4.69, 9.17) is 9.47 Å². The average Bonchev–Trinajstić information content (AvgIpc) is 2.50. The fourth-order valence-electron chi connectivity index (χ4n) is 2.59. The second-order valence-corrected chi connectivity index (χ2v) is 5.45. The summed E-state index contributed by atoms with van der Waals surface area (Å²) in [6.07, 6.45) is 9.84. The summed E-state index contributed by atoms with van der Waals surface area (Å²) >= 11 is 0. The second kappa shape index (κ2) is 7.87. The highest BCUT2D eigenvalue weighted by molar-refractivity contribution is 5.93. The van der Waals surface area contributed by atoms with E-state index in [0.717, 1.165) is 24.0 Å². The van der Waals surface area contributed by atoms with Crippen LogP contribution in [-0.2, 0) is 11.2 Å². The van der Waals surface area contributed by atoms with E-state index in [2.05, 4.69) is 6.92 Å². The zero-order valence-corrected chi connectivity index (χ0v) is 13.0. The quantitative estimate of drug-likeness (QED) is 0.322. The summed E-state index contributed by atoms with van der Waals surface area (Å²) in [5.74, 6) is 0.963. The summed E-state index contributed by atoms with van der Waals surface area (Å²) in [6.45, 7) is 2.21. The van der Waals surface area contributed by atoms with Crippen LogP contribution in [0.25, 0.3) is 0 Å². The largest absolute Gasteiger partial charge is 0.493 e. The Morgan fingerprint density at radius 3 is 2.81 bits per heavy atom. The fraction of sp³-hybridized carbons (Fsp3) is 0.500. The Labute approximate surface area is 127 Å². The molecule has 0 N–H and O–H groups in total. The maximum atomic E-state index is 12.0. The van der Waals surface area contributed by atoms with E-state index in [1.54, 1.807) is 7.11 Å². The molecule has 21 heavy (non-hydrogen) atoms. The van der Waals surface area contributed by atoms with Crippen LogP contribution in [0.4, 0.5) is 0 Å². The van der Waals surface area contributed by atoms with Crippen LogP contribution < -0.4 is 9.47 Å². The van der Waals surface area contributed by atoms with E-state index in [-0.39, 0.29) is 5.97 Å². The van der Waals surface area contributed by atoms with E-state index in [1.807, 2.05) is 24.3 Å². The molecule has 0 saturated heterocycles. The van der Waals surface area contributed by atoms with Crippen molar-refractivity contribution in [1.82, 2.24) is 0 Å². The van der Waals surface area contributed by atoms with Gasteiger partial charge in [-0.3, -0.25) is 0 Å². The van der Waals surface area contributed by atoms with E-state index in [1.165, 1.54) is 25.7 Å². The molecule has 114 valence electrons. The van der Waals surface area contributed by atoms with Crippen LogP contribution in [0.2, 0.25) is 0 Å². The predicted octanol–water partition coefficient (Wildman–Crippen LogP) is 4.44. The number of ether oxygens (including phenoxy) is 2. The smallest absolute Gasteiger partial charge is 0.339 e. The number of fused-ring (bicyclic) bond motifs is 1. The molecule has 0 fully saturated rings. The van der Waals surface area contributed by atoms with E-state index < -0.39 is 0 Å². The molecular weight excluding hydrogens is 264 g/mol. The molecule has 0 amide bonds. The summed E-state index contributed by atoms with van der Waals surface area (Å²) in [5.41, 5.74) is 1.79. The fourth-order valence-corrected chi connectivity index (χ4v) is 2.59.